The Bertz CT molecular complexity index is 133. The molecule has 0 radical (unpaired) electrons. The van der Waals surface area contributed by atoms with Crippen molar-refractivity contribution in [3.63, 3.8) is 0 Å². The van der Waals surface area contributed by atoms with Gasteiger partial charge < -0.3 is 5.41 Å². The van der Waals surface area contributed by atoms with E-state index in [4.69, 9.17) is 10.7 Å². The minimum Gasteiger partial charge on any atom is -0.310 e. The first-order valence-corrected chi connectivity index (χ1v) is 3.74. The number of unbranched alkanes of at least 4 members (excludes halogenated alkanes) is 1. The second kappa shape index (κ2) is 6.28. The van der Waals surface area contributed by atoms with Crippen molar-refractivity contribution in [3.8, 4) is 6.07 Å². The lowest BCUT2D eigenvalue weighted by Gasteiger charge is -1.97. The van der Waals surface area contributed by atoms with Crippen molar-refractivity contribution in [1.82, 2.24) is 0 Å². The fourth-order valence-electron chi connectivity index (χ4n) is 0.808. The SMILES string of the molecule is CCCC(=N)CCCC#N. The maximum absolute atomic E-state index is 8.19. The number of hydrogen-bond donors (Lipinski definition) is 1. The Balaban J connectivity index is 3.15. The molecular weight excluding hydrogens is 124 g/mol. The van der Waals surface area contributed by atoms with Crippen LogP contribution in [0.25, 0.3) is 0 Å². The average molecular weight is 138 g/mol. The zero-order valence-electron chi connectivity index (χ0n) is 6.48. The van der Waals surface area contributed by atoms with Crippen LogP contribution < -0.4 is 0 Å². The largest absolute Gasteiger partial charge is 0.310 e. The van der Waals surface area contributed by atoms with E-state index >= 15 is 0 Å². The summed E-state index contributed by atoms with van der Waals surface area (Å²) in [7, 11) is 0. The van der Waals surface area contributed by atoms with Crippen LogP contribution in [-0.4, -0.2) is 5.71 Å². The van der Waals surface area contributed by atoms with E-state index in [9.17, 15) is 0 Å². The van der Waals surface area contributed by atoms with Crippen molar-refractivity contribution < 1.29 is 0 Å². The van der Waals surface area contributed by atoms with Gasteiger partial charge >= 0.3 is 0 Å². The van der Waals surface area contributed by atoms with Gasteiger partial charge in [-0.25, -0.2) is 0 Å². The summed E-state index contributed by atoms with van der Waals surface area (Å²) < 4.78 is 0. The van der Waals surface area contributed by atoms with Gasteiger partial charge in [0, 0.05) is 12.1 Å². The molecule has 0 heterocycles. The standard InChI is InChI=1S/C8H14N2/c1-2-5-8(10)6-3-4-7-9/h10H,2-6H2,1H3. The minimum atomic E-state index is 0.589. The molecule has 0 unspecified atom stereocenters. The lowest BCUT2D eigenvalue weighted by Crippen LogP contribution is -1.94. The van der Waals surface area contributed by atoms with E-state index in [0.29, 0.717) is 6.42 Å². The molecule has 10 heavy (non-hydrogen) atoms. The molecule has 0 aromatic carbocycles. The Morgan fingerprint density at radius 2 is 2.20 bits per heavy atom. The molecule has 0 amide bonds. The van der Waals surface area contributed by atoms with E-state index in [-0.39, 0.29) is 0 Å². The summed E-state index contributed by atoms with van der Waals surface area (Å²) in [5.41, 5.74) is 0.790. The molecule has 0 atom stereocenters. The monoisotopic (exact) mass is 138 g/mol. The highest BCUT2D eigenvalue weighted by Crippen LogP contribution is 2.00. The first kappa shape index (κ1) is 9.16. The van der Waals surface area contributed by atoms with E-state index in [1.54, 1.807) is 0 Å². The van der Waals surface area contributed by atoms with E-state index in [0.717, 1.165) is 31.4 Å². The lowest BCUT2D eigenvalue weighted by molar-refractivity contribution is 0.860. The highest BCUT2D eigenvalue weighted by atomic mass is 14.4. The third-order valence-corrected chi connectivity index (χ3v) is 1.32. The summed E-state index contributed by atoms with van der Waals surface area (Å²) in [6.07, 6.45) is 4.19. The summed E-state index contributed by atoms with van der Waals surface area (Å²) in [4.78, 5) is 0. The number of nitriles is 1. The van der Waals surface area contributed by atoms with Gasteiger partial charge in [0.25, 0.3) is 0 Å². The zero-order valence-corrected chi connectivity index (χ0v) is 6.48. The second-order valence-corrected chi connectivity index (χ2v) is 2.37. The number of nitrogens with one attached hydrogen (secondary N) is 1. The highest BCUT2D eigenvalue weighted by Gasteiger charge is 1.93. The van der Waals surface area contributed by atoms with Crippen molar-refractivity contribution >= 4 is 5.71 Å². The minimum absolute atomic E-state index is 0.589. The smallest absolute Gasteiger partial charge is 0.0621 e. The third-order valence-electron chi connectivity index (χ3n) is 1.32. The van der Waals surface area contributed by atoms with Gasteiger partial charge in [-0.15, -0.1) is 0 Å². The highest BCUT2D eigenvalue weighted by molar-refractivity contribution is 5.81. The van der Waals surface area contributed by atoms with Crippen LogP contribution in [0.3, 0.4) is 0 Å². The molecule has 0 saturated heterocycles. The fraction of sp³-hybridized carbons (Fsp3) is 0.750. The first-order chi connectivity index (χ1) is 4.81. The van der Waals surface area contributed by atoms with Crippen LogP contribution in [0, 0.1) is 16.7 Å². The molecule has 0 bridgehead atoms. The van der Waals surface area contributed by atoms with Gasteiger partial charge in [0.2, 0.25) is 0 Å². The summed E-state index contributed by atoms with van der Waals surface area (Å²) in [5.74, 6) is 0. The molecule has 0 aliphatic carbocycles. The van der Waals surface area contributed by atoms with Crippen LogP contribution in [0.2, 0.25) is 0 Å². The molecule has 2 heteroatoms. The predicted molar refractivity (Wildman–Crippen MR) is 42.1 cm³/mol. The number of hydrogen-bond acceptors (Lipinski definition) is 2. The maximum atomic E-state index is 8.19. The van der Waals surface area contributed by atoms with Gasteiger partial charge in [0.1, 0.15) is 0 Å². The van der Waals surface area contributed by atoms with E-state index in [1.165, 1.54) is 0 Å². The number of rotatable bonds is 5. The van der Waals surface area contributed by atoms with Crippen molar-refractivity contribution in [3.05, 3.63) is 0 Å². The summed E-state index contributed by atoms with van der Waals surface area (Å²) >= 11 is 0. The summed E-state index contributed by atoms with van der Waals surface area (Å²) in [6.45, 7) is 2.07. The lowest BCUT2D eigenvalue weighted by atomic mass is 10.1. The van der Waals surface area contributed by atoms with Crippen molar-refractivity contribution in [1.29, 1.82) is 10.7 Å². The van der Waals surface area contributed by atoms with Crippen LogP contribution >= 0.6 is 0 Å². The van der Waals surface area contributed by atoms with Gasteiger partial charge in [0.15, 0.2) is 0 Å². The molecule has 0 rings (SSSR count). The first-order valence-electron chi connectivity index (χ1n) is 3.74. The molecule has 0 aromatic heterocycles. The summed E-state index contributed by atoms with van der Waals surface area (Å²) in [6, 6.07) is 2.07. The van der Waals surface area contributed by atoms with Crippen LogP contribution in [0.4, 0.5) is 0 Å². The molecule has 0 fully saturated rings. The molecule has 56 valence electrons. The van der Waals surface area contributed by atoms with Gasteiger partial charge in [-0.05, 0) is 19.3 Å². The molecule has 0 aliphatic heterocycles. The Morgan fingerprint density at radius 1 is 1.50 bits per heavy atom. The molecule has 0 aliphatic rings. The van der Waals surface area contributed by atoms with Gasteiger partial charge in [-0.1, -0.05) is 13.3 Å². The normalized spacial score (nSPS) is 8.80. The fourth-order valence-corrected chi connectivity index (χ4v) is 0.808. The molecule has 0 spiro atoms. The Hall–Kier alpha value is -0.840. The molecular formula is C8H14N2. The van der Waals surface area contributed by atoms with Crippen LogP contribution in [0.5, 0.6) is 0 Å². The number of nitrogens with zero attached hydrogens (tertiary/aromatic N) is 1. The molecule has 0 aromatic rings. The van der Waals surface area contributed by atoms with Crippen LogP contribution in [0.1, 0.15) is 39.0 Å². The van der Waals surface area contributed by atoms with Crippen molar-refractivity contribution in [2.24, 2.45) is 0 Å². The average Bonchev–Trinajstić information content (AvgIpc) is 1.89. The van der Waals surface area contributed by atoms with Crippen LogP contribution in [-0.2, 0) is 0 Å². The quantitative estimate of drug-likeness (QED) is 0.460. The third kappa shape index (κ3) is 5.30. The second-order valence-electron chi connectivity index (χ2n) is 2.37. The van der Waals surface area contributed by atoms with Crippen molar-refractivity contribution in [2.45, 2.75) is 39.0 Å². The van der Waals surface area contributed by atoms with Gasteiger partial charge in [0.05, 0.1) is 6.07 Å². The molecule has 0 saturated carbocycles. The van der Waals surface area contributed by atoms with E-state index in [1.807, 2.05) is 0 Å². The van der Waals surface area contributed by atoms with E-state index < -0.39 is 0 Å². The van der Waals surface area contributed by atoms with Crippen molar-refractivity contribution in [2.75, 3.05) is 0 Å². The van der Waals surface area contributed by atoms with Gasteiger partial charge in [-0.2, -0.15) is 5.26 Å². The summed E-state index contributed by atoms with van der Waals surface area (Å²) in [5, 5.41) is 15.5. The molecule has 2 nitrogen and oxygen atoms in total. The Morgan fingerprint density at radius 3 is 2.70 bits per heavy atom. The molecule has 1 N–H and O–H groups in total. The Kier molecular flexibility index (Phi) is 5.75. The predicted octanol–water partition coefficient (Wildman–Crippen LogP) is 2.50. The topological polar surface area (TPSA) is 47.6 Å². The van der Waals surface area contributed by atoms with E-state index in [2.05, 4.69) is 13.0 Å². The van der Waals surface area contributed by atoms with Gasteiger partial charge in [-0.3, -0.25) is 0 Å². The maximum Gasteiger partial charge on any atom is 0.0621 e. The zero-order chi connectivity index (χ0) is 7.82. The van der Waals surface area contributed by atoms with Crippen LogP contribution in [0.15, 0.2) is 0 Å². The Labute approximate surface area is 62.4 Å².